The van der Waals surface area contributed by atoms with Gasteiger partial charge in [0, 0.05) is 43.1 Å². The van der Waals surface area contributed by atoms with Crippen molar-refractivity contribution < 1.29 is 21.6 Å². The maximum absolute atomic E-state index is 13.1. The summed E-state index contributed by atoms with van der Waals surface area (Å²) in [6, 6.07) is 16.5. The summed E-state index contributed by atoms with van der Waals surface area (Å²) in [5.41, 5.74) is 2.62. The van der Waals surface area contributed by atoms with Gasteiger partial charge < -0.3 is 15.5 Å². The monoisotopic (exact) mass is 669 g/mol. The molecule has 1 aliphatic heterocycles. The van der Waals surface area contributed by atoms with Gasteiger partial charge in [-0.25, -0.2) is 31.9 Å². The molecule has 2 amide bonds. The number of hydrogen-bond acceptors (Lipinski definition) is 7. The van der Waals surface area contributed by atoms with Gasteiger partial charge in [-0.1, -0.05) is 56.9 Å². The summed E-state index contributed by atoms with van der Waals surface area (Å²) in [6.45, 7) is 6.69. The number of benzene rings is 3. The number of hydrogen-bond donors (Lipinski definition) is 5. The molecule has 4 rings (SSSR count). The highest BCUT2D eigenvalue weighted by molar-refractivity contribution is 7.89. The molecule has 248 valence electrons. The van der Waals surface area contributed by atoms with Crippen LogP contribution in [0.4, 0.5) is 16.2 Å². The fourth-order valence-corrected chi connectivity index (χ4v) is 6.46. The Balaban J connectivity index is 1.40. The summed E-state index contributed by atoms with van der Waals surface area (Å²) in [7, 11) is -7.90. The number of urea groups is 1. The molecule has 0 spiro atoms. The zero-order valence-electron chi connectivity index (χ0n) is 26.0. The van der Waals surface area contributed by atoms with Crippen LogP contribution >= 0.6 is 0 Å². The number of carbonyl (C=O) groups is 1. The lowest BCUT2D eigenvalue weighted by Gasteiger charge is -2.36. The fourth-order valence-electron chi connectivity index (χ4n) is 5.38. The van der Waals surface area contributed by atoms with E-state index < -0.39 is 26.1 Å². The van der Waals surface area contributed by atoms with Gasteiger partial charge in [0.05, 0.1) is 9.79 Å². The average molecular weight is 670 g/mol. The van der Waals surface area contributed by atoms with E-state index in [4.69, 9.17) is 15.7 Å². The third kappa shape index (κ3) is 10.1. The van der Waals surface area contributed by atoms with Gasteiger partial charge in [0.1, 0.15) is 5.84 Å². The van der Waals surface area contributed by atoms with Gasteiger partial charge in [0.25, 0.3) is 0 Å². The van der Waals surface area contributed by atoms with Crippen LogP contribution in [0.25, 0.3) is 0 Å². The predicted molar refractivity (Wildman–Crippen MR) is 181 cm³/mol. The summed E-state index contributed by atoms with van der Waals surface area (Å²) in [4.78, 5) is 17.4. The number of amides is 2. The first-order valence-corrected chi connectivity index (χ1v) is 18.4. The van der Waals surface area contributed by atoms with Gasteiger partial charge >= 0.3 is 6.03 Å². The van der Waals surface area contributed by atoms with Crippen LogP contribution in [0.5, 0.6) is 0 Å². The molecule has 1 saturated heterocycles. The molecule has 3 aromatic carbocycles. The number of rotatable bonds is 13. The Bertz CT molecular complexity index is 1740. The highest BCUT2D eigenvalue weighted by atomic mass is 32.2. The Hall–Kier alpha value is -3.82. The number of primary sulfonamides is 2. The first kappa shape index (κ1) is 35.0. The molecule has 1 aliphatic rings. The van der Waals surface area contributed by atoms with Crippen molar-refractivity contribution in [3.63, 3.8) is 0 Å². The molecule has 46 heavy (non-hydrogen) atoms. The zero-order chi connectivity index (χ0) is 33.3. The normalized spacial score (nSPS) is 14.2. The highest BCUT2D eigenvalue weighted by Gasteiger charge is 2.20. The topological polar surface area (TPSA) is 192 Å². The quantitative estimate of drug-likeness (QED) is 0.103. The molecular weight excluding hydrogens is 627 g/mol. The summed E-state index contributed by atoms with van der Waals surface area (Å²) in [5, 5.41) is 24.9. The third-order valence-corrected chi connectivity index (χ3v) is 9.80. The first-order chi connectivity index (χ1) is 21.8. The first-order valence-electron chi connectivity index (χ1n) is 15.4. The van der Waals surface area contributed by atoms with E-state index in [0.717, 1.165) is 32.7 Å². The molecule has 0 saturated carbocycles. The number of anilines is 2. The summed E-state index contributed by atoms with van der Waals surface area (Å²) >= 11 is 0. The Morgan fingerprint density at radius 1 is 0.804 bits per heavy atom. The van der Waals surface area contributed by atoms with Crippen LogP contribution in [-0.4, -0.2) is 71.2 Å². The van der Waals surface area contributed by atoms with Crippen molar-refractivity contribution in [1.82, 2.24) is 9.80 Å². The summed E-state index contributed by atoms with van der Waals surface area (Å²) < 4.78 is 47.3. The van der Waals surface area contributed by atoms with E-state index in [1.165, 1.54) is 62.4 Å². The van der Waals surface area contributed by atoms with Gasteiger partial charge in [-0.3, -0.25) is 10.3 Å². The van der Waals surface area contributed by atoms with Crippen molar-refractivity contribution in [2.45, 2.75) is 55.2 Å². The second-order valence-electron chi connectivity index (χ2n) is 11.5. The molecule has 0 atom stereocenters. The number of piperazine rings is 1. The lowest BCUT2D eigenvalue weighted by molar-refractivity contribution is 0.179. The van der Waals surface area contributed by atoms with Crippen LogP contribution in [0.1, 0.15) is 55.7 Å². The van der Waals surface area contributed by atoms with E-state index in [2.05, 4.69) is 27.4 Å². The number of nitrogens with zero attached hydrogens (tertiary/aromatic N) is 2. The van der Waals surface area contributed by atoms with E-state index in [1.807, 2.05) is 6.07 Å². The van der Waals surface area contributed by atoms with Crippen LogP contribution in [0.15, 0.2) is 76.5 Å². The molecule has 0 unspecified atom stereocenters. The number of unbranched alkanes of at least 4 members (excludes halogenated alkanes) is 4. The minimum absolute atomic E-state index is 0.0574. The van der Waals surface area contributed by atoms with Crippen molar-refractivity contribution in [2.75, 3.05) is 43.4 Å². The van der Waals surface area contributed by atoms with Gasteiger partial charge in [-0.15, -0.1) is 0 Å². The van der Waals surface area contributed by atoms with Crippen LogP contribution in [0, 0.1) is 5.41 Å². The van der Waals surface area contributed by atoms with Gasteiger partial charge in [-0.2, -0.15) is 0 Å². The maximum Gasteiger partial charge on any atom is 0.323 e. The third-order valence-electron chi connectivity index (χ3n) is 7.96. The zero-order valence-corrected chi connectivity index (χ0v) is 27.7. The molecule has 3 aromatic rings. The van der Waals surface area contributed by atoms with Crippen molar-refractivity contribution in [3.8, 4) is 0 Å². The van der Waals surface area contributed by atoms with Gasteiger partial charge in [0.15, 0.2) is 0 Å². The molecule has 12 nitrogen and oxygen atoms in total. The second-order valence-corrected chi connectivity index (χ2v) is 14.6. The van der Waals surface area contributed by atoms with Crippen molar-refractivity contribution in [3.05, 3.63) is 83.4 Å². The highest BCUT2D eigenvalue weighted by Crippen LogP contribution is 2.24. The summed E-state index contributed by atoms with van der Waals surface area (Å²) in [5.74, 6) is 0.404. The maximum atomic E-state index is 13.1. The lowest BCUT2D eigenvalue weighted by Crippen LogP contribution is -2.48. The standard InChI is InChI=1S/C32H43N7O5S2/c1-2-3-4-5-6-16-38-17-19-39(20-18-38)31(33)25-8-7-9-27(22-25)36-32(40)37-30-15-14-29(46(35,43)44)23-26(30)21-24-10-12-28(13-11-24)45(34,41)42/h7-15,22-23,33H,2-6,16-21H2,1H3,(H2,34,41,42)(H2,35,43,44)(H2,36,37,40). The van der Waals surface area contributed by atoms with Crippen LogP contribution in [0.2, 0.25) is 0 Å². The SMILES string of the molecule is CCCCCCCN1CCN(C(=N)c2cccc(NC(=O)Nc3ccc(S(N)(=O)=O)cc3Cc3ccc(S(N)(=O)=O)cc3)c2)CC1. The number of nitrogens with one attached hydrogen (secondary N) is 3. The predicted octanol–water partition coefficient (Wildman–Crippen LogP) is 4.13. The van der Waals surface area contributed by atoms with E-state index >= 15 is 0 Å². The molecule has 0 bridgehead atoms. The molecule has 0 radical (unpaired) electrons. The molecular formula is C32H43N7O5S2. The van der Waals surface area contributed by atoms with Gasteiger partial charge in [0.2, 0.25) is 20.0 Å². The van der Waals surface area contributed by atoms with Crippen molar-refractivity contribution in [2.24, 2.45) is 10.3 Å². The molecule has 0 aromatic heterocycles. The number of carbonyl (C=O) groups excluding carboxylic acids is 1. The molecule has 0 aliphatic carbocycles. The van der Waals surface area contributed by atoms with Crippen LogP contribution in [0.3, 0.4) is 0 Å². The minimum Gasteiger partial charge on any atom is -0.354 e. The lowest BCUT2D eigenvalue weighted by atomic mass is 10.0. The molecule has 1 heterocycles. The number of sulfonamides is 2. The molecule has 7 N–H and O–H groups in total. The van der Waals surface area contributed by atoms with E-state index in [1.54, 1.807) is 30.3 Å². The fraction of sp³-hybridized carbons (Fsp3) is 0.375. The minimum atomic E-state index is -4.02. The van der Waals surface area contributed by atoms with E-state index in [9.17, 15) is 21.6 Å². The summed E-state index contributed by atoms with van der Waals surface area (Å²) in [6.07, 6.45) is 6.46. The Labute approximate surface area is 271 Å². The van der Waals surface area contributed by atoms with Gasteiger partial charge in [-0.05, 0) is 73.0 Å². The smallest absolute Gasteiger partial charge is 0.323 e. The Morgan fingerprint density at radius 3 is 2.11 bits per heavy atom. The molecule has 1 fully saturated rings. The average Bonchev–Trinajstić information content (AvgIpc) is 3.01. The van der Waals surface area contributed by atoms with E-state index in [0.29, 0.717) is 33.9 Å². The van der Waals surface area contributed by atoms with Crippen LogP contribution < -0.4 is 20.9 Å². The Morgan fingerprint density at radius 2 is 1.46 bits per heavy atom. The van der Waals surface area contributed by atoms with Crippen molar-refractivity contribution >= 4 is 43.3 Å². The largest absolute Gasteiger partial charge is 0.354 e. The second kappa shape index (κ2) is 15.6. The number of nitrogens with two attached hydrogens (primary N) is 2. The molecule has 14 heteroatoms. The number of amidine groups is 1. The van der Waals surface area contributed by atoms with E-state index in [-0.39, 0.29) is 16.2 Å². The van der Waals surface area contributed by atoms with Crippen molar-refractivity contribution in [1.29, 1.82) is 5.41 Å². The van der Waals surface area contributed by atoms with Crippen LogP contribution in [-0.2, 0) is 26.5 Å². The Kier molecular flexibility index (Phi) is 11.9.